The quantitative estimate of drug-likeness (QED) is 0.903. The fraction of sp³-hybridized carbons (Fsp3) is 0.333. The lowest BCUT2D eigenvalue weighted by atomic mass is 10.1. The average Bonchev–Trinajstić information content (AvgIpc) is 2.88. The molecule has 1 aromatic carbocycles. The standard InChI is InChI=1S/C15H19N3O2/c1-15(2,3)20-14(19)16-8-11-5-4-6-12(7-11)13-9-17-18-10-13/h4-7,9-10H,8H2,1-3H3,(H,16,19)(H,17,18). The van der Waals surface area contributed by atoms with E-state index >= 15 is 0 Å². The number of carbonyl (C=O) groups excluding carboxylic acids is 1. The van der Waals surface area contributed by atoms with Crippen LogP contribution < -0.4 is 5.32 Å². The van der Waals surface area contributed by atoms with Crippen molar-refractivity contribution in [2.24, 2.45) is 0 Å². The van der Waals surface area contributed by atoms with Gasteiger partial charge in [0.15, 0.2) is 0 Å². The molecule has 0 saturated heterocycles. The monoisotopic (exact) mass is 273 g/mol. The van der Waals surface area contributed by atoms with E-state index in [1.165, 1.54) is 0 Å². The second kappa shape index (κ2) is 5.77. The summed E-state index contributed by atoms with van der Waals surface area (Å²) < 4.78 is 5.20. The lowest BCUT2D eigenvalue weighted by molar-refractivity contribution is 0.0523. The lowest BCUT2D eigenvalue weighted by Gasteiger charge is -2.19. The van der Waals surface area contributed by atoms with E-state index in [1.54, 1.807) is 6.20 Å². The number of hydrogen-bond donors (Lipinski definition) is 2. The summed E-state index contributed by atoms with van der Waals surface area (Å²) in [6.45, 7) is 5.95. The minimum atomic E-state index is -0.483. The molecule has 20 heavy (non-hydrogen) atoms. The number of carbonyl (C=O) groups is 1. The molecule has 1 heterocycles. The maximum atomic E-state index is 11.6. The van der Waals surface area contributed by atoms with Crippen LogP contribution in [0.5, 0.6) is 0 Å². The van der Waals surface area contributed by atoms with E-state index in [9.17, 15) is 4.79 Å². The van der Waals surface area contributed by atoms with Crippen molar-refractivity contribution in [3.63, 3.8) is 0 Å². The largest absolute Gasteiger partial charge is 0.444 e. The van der Waals surface area contributed by atoms with Crippen LogP contribution in [0.2, 0.25) is 0 Å². The number of aromatic nitrogens is 2. The number of hydrogen-bond acceptors (Lipinski definition) is 3. The third-order valence-electron chi connectivity index (χ3n) is 2.59. The van der Waals surface area contributed by atoms with Crippen molar-refractivity contribution in [1.82, 2.24) is 15.5 Å². The molecule has 106 valence electrons. The van der Waals surface area contributed by atoms with Gasteiger partial charge in [-0.1, -0.05) is 18.2 Å². The molecule has 2 aromatic rings. The van der Waals surface area contributed by atoms with Crippen LogP contribution in [0.1, 0.15) is 26.3 Å². The fourth-order valence-corrected chi connectivity index (χ4v) is 1.76. The first-order valence-electron chi connectivity index (χ1n) is 6.49. The van der Waals surface area contributed by atoms with Crippen LogP contribution in [0, 0.1) is 0 Å². The van der Waals surface area contributed by atoms with E-state index in [-0.39, 0.29) is 0 Å². The minimum absolute atomic E-state index is 0.411. The van der Waals surface area contributed by atoms with Crippen molar-refractivity contribution in [3.8, 4) is 11.1 Å². The number of rotatable bonds is 3. The number of benzene rings is 1. The summed E-state index contributed by atoms with van der Waals surface area (Å²) in [4.78, 5) is 11.6. The van der Waals surface area contributed by atoms with Gasteiger partial charge in [0.05, 0.1) is 6.20 Å². The van der Waals surface area contributed by atoms with Gasteiger partial charge in [-0.3, -0.25) is 5.10 Å². The number of amides is 1. The highest BCUT2D eigenvalue weighted by Crippen LogP contribution is 2.18. The lowest BCUT2D eigenvalue weighted by Crippen LogP contribution is -2.32. The number of alkyl carbamates (subject to hydrolysis) is 1. The predicted octanol–water partition coefficient (Wildman–Crippen LogP) is 3.10. The number of aromatic amines is 1. The summed E-state index contributed by atoms with van der Waals surface area (Å²) in [5.41, 5.74) is 2.60. The van der Waals surface area contributed by atoms with Crippen molar-refractivity contribution in [1.29, 1.82) is 0 Å². The van der Waals surface area contributed by atoms with Gasteiger partial charge in [-0.25, -0.2) is 4.79 Å². The van der Waals surface area contributed by atoms with Crippen LogP contribution in [-0.4, -0.2) is 21.9 Å². The molecule has 0 atom stereocenters. The van der Waals surface area contributed by atoms with Gasteiger partial charge in [0, 0.05) is 18.3 Å². The van der Waals surface area contributed by atoms with E-state index in [4.69, 9.17) is 4.74 Å². The molecule has 0 spiro atoms. The Morgan fingerprint density at radius 1 is 1.35 bits per heavy atom. The molecule has 5 heteroatoms. The molecule has 0 bridgehead atoms. The summed E-state index contributed by atoms with van der Waals surface area (Å²) >= 11 is 0. The summed E-state index contributed by atoms with van der Waals surface area (Å²) in [6.07, 6.45) is 3.19. The molecule has 2 rings (SSSR count). The average molecular weight is 273 g/mol. The molecule has 0 aliphatic heterocycles. The molecular formula is C15H19N3O2. The smallest absolute Gasteiger partial charge is 0.407 e. The van der Waals surface area contributed by atoms with Gasteiger partial charge < -0.3 is 10.1 Å². The van der Waals surface area contributed by atoms with Crippen molar-refractivity contribution in [2.75, 3.05) is 0 Å². The van der Waals surface area contributed by atoms with Crippen LogP contribution in [0.15, 0.2) is 36.7 Å². The molecule has 2 N–H and O–H groups in total. The predicted molar refractivity (Wildman–Crippen MR) is 77.1 cm³/mol. The highest BCUT2D eigenvalue weighted by molar-refractivity contribution is 5.68. The van der Waals surface area contributed by atoms with E-state index in [0.29, 0.717) is 6.54 Å². The second-order valence-corrected chi connectivity index (χ2v) is 5.54. The van der Waals surface area contributed by atoms with Crippen molar-refractivity contribution < 1.29 is 9.53 Å². The van der Waals surface area contributed by atoms with Gasteiger partial charge in [-0.15, -0.1) is 0 Å². The van der Waals surface area contributed by atoms with Crippen LogP contribution in [0.4, 0.5) is 4.79 Å². The van der Waals surface area contributed by atoms with Crippen molar-refractivity contribution >= 4 is 6.09 Å². The third-order valence-corrected chi connectivity index (χ3v) is 2.59. The maximum Gasteiger partial charge on any atom is 0.407 e. The molecule has 5 nitrogen and oxygen atoms in total. The Balaban J connectivity index is 1.97. The third kappa shape index (κ3) is 4.12. The Morgan fingerprint density at radius 3 is 2.80 bits per heavy atom. The second-order valence-electron chi connectivity index (χ2n) is 5.54. The zero-order chi connectivity index (χ0) is 14.6. The SMILES string of the molecule is CC(C)(C)OC(=O)NCc1cccc(-c2cn[nH]c2)c1. The molecule has 0 unspecified atom stereocenters. The van der Waals surface area contributed by atoms with E-state index in [0.717, 1.165) is 16.7 Å². The Morgan fingerprint density at radius 2 is 2.15 bits per heavy atom. The topological polar surface area (TPSA) is 67.0 Å². The van der Waals surface area contributed by atoms with Crippen LogP contribution in [-0.2, 0) is 11.3 Å². The number of nitrogens with one attached hydrogen (secondary N) is 2. The molecule has 0 radical (unpaired) electrons. The van der Waals surface area contributed by atoms with E-state index < -0.39 is 11.7 Å². The highest BCUT2D eigenvalue weighted by atomic mass is 16.6. The van der Waals surface area contributed by atoms with Gasteiger partial charge in [0.25, 0.3) is 0 Å². The van der Waals surface area contributed by atoms with E-state index in [1.807, 2.05) is 51.2 Å². The van der Waals surface area contributed by atoms with Gasteiger partial charge in [0.1, 0.15) is 5.60 Å². The Labute approximate surface area is 118 Å². The zero-order valence-corrected chi connectivity index (χ0v) is 11.9. The summed E-state index contributed by atoms with van der Waals surface area (Å²) in [5, 5.41) is 9.46. The van der Waals surface area contributed by atoms with Crippen molar-refractivity contribution in [2.45, 2.75) is 32.9 Å². The van der Waals surface area contributed by atoms with E-state index in [2.05, 4.69) is 15.5 Å². The first-order chi connectivity index (χ1) is 9.44. The Kier molecular flexibility index (Phi) is 4.08. The van der Waals surface area contributed by atoms with Crippen LogP contribution in [0.25, 0.3) is 11.1 Å². The van der Waals surface area contributed by atoms with Crippen LogP contribution >= 0.6 is 0 Å². The molecule has 0 saturated carbocycles. The first-order valence-corrected chi connectivity index (χ1v) is 6.49. The molecule has 1 amide bonds. The van der Waals surface area contributed by atoms with Gasteiger partial charge in [-0.05, 0) is 38.0 Å². The number of H-pyrrole nitrogens is 1. The molecule has 0 aliphatic rings. The molecule has 0 aliphatic carbocycles. The van der Waals surface area contributed by atoms with Gasteiger partial charge >= 0.3 is 6.09 Å². The highest BCUT2D eigenvalue weighted by Gasteiger charge is 2.15. The molecule has 1 aromatic heterocycles. The van der Waals surface area contributed by atoms with Crippen molar-refractivity contribution in [3.05, 3.63) is 42.2 Å². The first kappa shape index (κ1) is 14.1. The van der Waals surface area contributed by atoms with Gasteiger partial charge in [0.2, 0.25) is 0 Å². The normalized spacial score (nSPS) is 11.2. The molecule has 0 fully saturated rings. The Hall–Kier alpha value is -2.30. The zero-order valence-electron chi connectivity index (χ0n) is 11.9. The van der Waals surface area contributed by atoms with Gasteiger partial charge in [-0.2, -0.15) is 5.10 Å². The maximum absolute atomic E-state index is 11.6. The fourth-order valence-electron chi connectivity index (χ4n) is 1.76. The minimum Gasteiger partial charge on any atom is -0.444 e. The Bertz CT molecular complexity index is 571. The summed E-state index contributed by atoms with van der Waals surface area (Å²) in [5.74, 6) is 0. The molecular weight excluding hydrogens is 254 g/mol. The summed E-state index contributed by atoms with van der Waals surface area (Å²) in [6, 6.07) is 7.93. The number of ether oxygens (including phenoxy) is 1. The van der Waals surface area contributed by atoms with Crippen LogP contribution in [0.3, 0.4) is 0 Å². The number of nitrogens with zero attached hydrogens (tertiary/aromatic N) is 1. The summed E-state index contributed by atoms with van der Waals surface area (Å²) in [7, 11) is 0.